The van der Waals surface area contributed by atoms with Crippen LogP contribution in [-0.2, 0) is 17.5 Å². The van der Waals surface area contributed by atoms with Gasteiger partial charge < -0.3 is 4.74 Å². The summed E-state index contributed by atoms with van der Waals surface area (Å²) in [6.07, 6.45) is -3.82. The van der Waals surface area contributed by atoms with Gasteiger partial charge in [0.25, 0.3) is 0 Å². The number of rotatable bonds is 4. The molecule has 0 fully saturated rings. The zero-order valence-electron chi connectivity index (χ0n) is 10.7. The Morgan fingerprint density at radius 3 is 2.64 bits per heavy atom. The number of carbonyl (C=O) groups is 1. The molecule has 116 valence electrons. The van der Waals surface area contributed by atoms with Gasteiger partial charge in [-0.15, -0.1) is 0 Å². The van der Waals surface area contributed by atoms with Crippen LogP contribution >= 0.6 is 11.3 Å². The second-order valence-electron chi connectivity index (χ2n) is 4.06. The van der Waals surface area contributed by atoms with Gasteiger partial charge in [-0.1, -0.05) is 11.3 Å². The molecular weight excluding hydrogens is 325 g/mol. The van der Waals surface area contributed by atoms with Crippen molar-refractivity contribution in [1.82, 2.24) is 4.98 Å². The maximum Gasteiger partial charge on any atom is 0.433 e. The number of carbonyl (C=O) groups excluding carboxylic acids is 1. The molecule has 0 radical (unpaired) electrons. The minimum atomic E-state index is -4.59. The molecule has 0 saturated carbocycles. The number of halogens is 3. The number of nitrogens with zero attached hydrogens (tertiary/aromatic N) is 2. The van der Waals surface area contributed by atoms with Crippen LogP contribution in [0.15, 0.2) is 29.8 Å². The van der Waals surface area contributed by atoms with Crippen LogP contribution in [0.4, 0.5) is 18.2 Å². The van der Waals surface area contributed by atoms with Crippen molar-refractivity contribution in [2.24, 2.45) is 0 Å². The van der Waals surface area contributed by atoms with Crippen molar-refractivity contribution in [3.63, 3.8) is 0 Å². The summed E-state index contributed by atoms with van der Waals surface area (Å²) < 4.78 is 41.8. The topological polar surface area (TPSA) is 82.3 Å². The smallest absolute Gasteiger partial charge is 0.433 e. The highest BCUT2D eigenvalue weighted by molar-refractivity contribution is 7.13. The van der Waals surface area contributed by atoms with Crippen molar-refractivity contribution in [2.75, 3.05) is 0 Å². The summed E-state index contributed by atoms with van der Waals surface area (Å²) in [5.74, 6) is -0.866. The molecule has 2 aromatic heterocycles. The number of pyridine rings is 1. The maximum atomic E-state index is 12.3. The fraction of sp³-hybridized carbons (Fsp3) is 0.167. The average molecular weight is 332 g/mol. The molecule has 0 unspecified atom stereocenters. The molecule has 2 aromatic rings. The lowest BCUT2D eigenvalue weighted by atomic mass is 10.2. The third-order valence-corrected chi connectivity index (χ3v) is 3.41. The first-order chi connectivity index (χ1) is 10.3. The van der Waals surface area contributed by atoms with Crippen LogP contribution in [0.5, 0.6) is 0 Å². The Hall–Kier alpha value is -2.49. The first-order valence-corrected chi connectivity index (χ1v) is 6.57. The van der Waals surface area contributed by atoms with Crippen LogP contribution in [0.1, 0.15) is 21.6 Å². The second-order valence-corrected chi connectivity index (χ2v) is 4.95. The molecule has 0 saturated heterocycles. The number of aromatic nitrogens is 1. The Kier molecular flexibility index (Phi) is 4.40. The zero-order valence-corrected chi connectivity index (χ0v) is 11.5. The lowest BCUT2D eigenvalue weighted by Gasteiger charge is -2.06. The molecular formula is C12H7F3N2O4S. The molecule has 22 heavy (non-hydrogen) atoms. The number of alkyl halides is 3. The molecule has 0 aromatic carbocycles. The molecule has 6 nitrogen and oxygen atoms in total. The van der Waals surface area contributed by atoms with Gasteiger partial charge in [0.05, 0.1) is 10.5 Å². The van der Waals surface area contributed by atoms with Gasteiger partial charge in [0.1, 0.15) is 12.3 Å². The quantitative estimate of drug-likeness (QED) is 0.487. The van der Waals surface area contributed by atoms with Crippen molar-refractivity contribution < 1.29 is 27.6 Å². The molecule has 0 aliphatic rings. The standard InChI is InChI=1S/C12H7F3N2O4S/c13-12(14,15)9-2-1-8(4-16-9)11(18)21-5-7-3-10(17(19)20)22-6-7/h1-4,6H,5H2. The Morgan fingerprint density at radius 2 is 2.14 bits per heavy atom. The third-order valence-electron chi connectivity index (χ3n) is 2.48. The number of esters is 1. The van der Waals surface area contributed by atoms with Crippen molar-refractivity contribution in [1.29, 1.82) is 0 Å². The van der Waals surface area contributed by atoms with Crippen LogP contribution < -0.4 is 0 Å². The van der Waals surface area contributed by atoms with E-state index in [1.54, 1.807) is 0 Å². The summed E-state index contributed by atoms with van der Waals surface area (Å²) in [7, 11) is 0. The van der Waals surface area contributed by atoms with Crippen LogP contribution in [0, 0.1) is 10.1 Å². The summed E-state index contributed by atoms with van der Waals surface area (Å²) >= 11 is 0.882. The largest absolute Gasteiger partial charge is 0.457 e. The summed E-state index contributed by atoms with van der Waals surface area (Å²) in [5.41, 5.74) is -0.833. The second kappa shape index (κ2) is 6.10. The van der Waals surface area contributed by atoms with Gasteiger partial charge in [-0.05, 0) is 12.1 Å². The third kappa shape index (κ3) is 3.79. The van der Waals surface area contributed by atoms with E-state index in [0.29, 0.717) is 11.6 Å². The van der Waals surface area contributed by atoms with Gasteiger partial charge in [0, 0.05) is 23.2 Å². The molecule has 0 aliphatic heterocycles. The summed E-state index contributed by atoms with van der Waals surface area (Å²) in [5, 5.41) is 11.9. The van der Waals surface area contributed by atoms with E-state index in [1.165, 1.54) is 11.4 Å². The first kappa shape index (κ1) is 15.9. The minimum absolute atomic E-state index is 0.0951. The van der Waals surface area contributed by atoms with Gasteiger partial charge in [-0.2, -0.15) is 13.2 Å². The highest BCUT2D eigenvalue weighted by Gasteiger charge is 2.32. The number of thiophene rings is 1. The van der Waals surface area contributed by atoms with Crippen molar-refractivity contribution in [3.8, 4) is 0 Å². The normalized spacial score (nSPS) is 11.2. The monoisotopic (exact) mass is 332 g/mol. The molecule has 0 bridgehead atoms. The maximum absolute atomic E-state index is 12.3. The number of nitro groups is 1. The SMILES string of the molecule is O=C(OCc1csc([N+](=O)[O-])c1)c1ccc(C(F)(F)F)nc1. The van der Waals surface area contributed by atoms with Crippen LogP contribution in [0.2, 0.25) is 0 Å². The van der Waals surface area contributed by atoms with E-state index in [9.17, 15) is 28.1 Å². The van der Waals surface area contributed by atoms with E-state index in [0.717, 1.165) is 23.6 Å². The highest BCUT2D eigenvalue weighted by atomic mass is 32.1. The van der Waals surface area contributed by atoms with E-state index in [2.05, 4.69) is 4.98 Å². The van der Waals surface area contributed by atoms with E-state index in [4.69, 9.17) is 4.74 Å². The van der Waals surface area contributed by atoms with Crippen molar-refractivity contribution in [2.45, 2.75) is 12.8 Å². The lowest BCUT2D eigenvalue weighted by Crippen LogP contribution is -2.10. The van der Waals surface area contributed by atoms with Gasteiger partial charge in [0.15, 0.2) is 0 Å². The molecule has 0 aliphatic carbocycles. The van der Waals surface area contributed by atoms with Gasteiger partial charge in [-0.25, -0.2) is 4.79 Å². The van der Waals surface area contributed by atoms with E-state index in [-0.39, 0.29) is 17.2 Å². The Bertz CT molecular complexity index is 697. The lowest BCUT2D eigenvalue weighted by molar-refractivity contribution is -0.380. The van der Waals surface area contributed by atoms with Crippen molar-refractivity contribution >= 4 is 22.3 Å². The fourth-order valence-corrected chi connectivity index (χ4v) is 2.16. The van der Waals surface area contributed by atoms with Crippen molar-refractivity contribution in [3.05, 3.63) is 56.7 Å². The summed E-state index contributed by atoms with van der Waals surface area (Å²) in [6, 6.07) is 2.88. The summed E-state index contributed by atoms with van der Waals surface area (Å²) in [4.78, 5) is 24.7. The Morgan fingerprint density at radius 1 is 1.41 bits per heavy atom. The first-order valence-electron chi connectivity index (χ1n) is 5.69. The highest BCUT2D eigenvalue weighted by Crippen LogP contribution is 2.27. The van der Waals surface area contributed by atoms with E-state index >= 15 is 0 Å². The predicted molar refractivity (Wildman–Crippen MR) is 69.3 cm³/mol. The molecule has 2 heterocycles. The van der Waals surface area contributed by atoms with Gasteiger partial charge in [0.2, 0.25) is 0 Å². The molecule has 10 heteroatoms. The minimum Gasteiger partial charge on any atom is -0.457 e. The molecule has 0 N–H and O–H groups in total. The Labute approximate surface area is 125 Å². The predicted octanol–water partition coefficient (Wildman–Crippen LogP) is 3.43. The number of hydrogen-bond donors (Lipinski definition) is 0. The molecule has 2 rings (SSSR count). The van der Waals surface area contributed by atoms with Crippen LogP contribution in [0.3, 0.4) is 0 Å². The zero-order chi connectivity index (χ0) is 16.3. The van der Waals surface area contributed by atoms with E-state index in [1.807, 2.05) is 0 Å². The summed E-state index contributed by atoms with van der Waals surface area (Å²) in [6.45, 7) is -0.218. The molecule has 0 spiro atoms. The van der Waals surface area contributed by atoms with Crippen LogP contribution in [-0.4, -0.2) is 15.9 Å². The fourth-order valence-electron chi connectivity index (χ4n) is 1.45. The molecule has 0 atom stereocenters. The van der Waals surface area contributed by atoms with Gasteiger partial charge in [-0.3, -0.25) is 15.1 Å². The molecule has 0 amide bonds. The number of hydrogen-bond acceptors (Lipinski definition) is 6. The Balaban J connectivity index is 1.98. The van der Waals surface area contributed by atoms with Crippen LogP contribution in [0.25, 0.3) is 0 Å². The average Bonchev–Trinajstić information content (AvgIpc) is 2.93. The number of ether oxygens (including phenoxy) is 1. The van der Waals surface area contributed by atoms with E-state index < -0.39 is 22.8 Å². The van der Waals surface area contributed by atoms with Gasteiger partial charge >= 0.3 is 17.1 Å².